The van der Waals surface area contributed by atoms with Crippen LogP contribution in [0.2, 0.25) is 0 Å². The minimum atomic E-state index is -1.85. The molecule has 0 radical (unpaired) electrons. The van der Waals surface area contributed by atoms with E-state index in [1.807, 2.05) is 0 Å². The molecule has 0 unspecified atom stereocenters. The predicted molar refractivity (Wildman–Crippen MR) is 39.9 cm³/mol. The van der Waals surface area contributed by atoms with Crippen LogP contribution in [0, 0.1) is 0 Å². The van der Waals surface area contributed by atoms with Gasteiger partial charge >= 0.3 is 0 Å². The minimum absolute atomic E-state index is 0. The first-order valence-corrected chi connectivity index (χ1v) is 3.53. The highest BCUT2D eigenvalue weighted by Gasteiger charge is 2.43. The Kier molecular flexibility index (Phi) is 4.39. The summed E-state index contributed by atoms with van der Waals surface area (Å²) < 4.78 is 4.28. The van der Waals surface area contributed by atoms with E-state index in [0.717, 1.165) is 0 Å². The number of aliphatic carboxylic acids is 1. The number of carbonyl (C=O) groups is 1. The van der Waals surface area contributed by atoms with E-state index in [9.17, 15) is 9.90 Å². The maximum Gasteiger partial charge on any atom is 0.184 e. The Balaban J connectivity index is 0.00000169. The van der Waals surface area contributed by atoms with E-state index >= 15 is 0 Å². The molecule has 0 aromatic rings. The second-order valence-electron chi connectivity index (χ2n) is 2.74. The lowest BCUT2D eigenvalue weighted by atomic mass is 9.99. The zero-order chi connectivity index (χ0) is 10.2. The molecule has 14 heavy (non-hydrogen) atoms. The summed E-state index contributed by atoms with van der Waals surface area (Å²) in [5.74, 6) is -1.77. The van der Waals surface area contributed by atoms with Crippen molar-refractivity contribution in [3.8, 4) is 0 Å². The zero-order valence-electron chi connectivity index (χ0n) is 7.40. The maximum atomic E-state index is 10.3. The fourth-order valence-corrected chi connectivity index (χ4v) is 1.06. The number of carboxylic acid groups (broad SMARTS) is 1. The monoisotopic (exact) mass is 211 g/mol. The van der Waals surface area contributed by atoms with Crippen LogP contribution in [0.15, 0.2) is 0 Å². The summed E-state index contributed by atoms with van der Waals surface area (Å²) in [6.07, 6.45) is -9.00. The summed E-state index contributed by atoms with van der Waals surface area (Å²) in [5, 5.41) is 46.1. The van der Waals surface area contributed by atoms with Crippen LogP contribution in [0.25, 0.3) is 0 Å². The van der Waals surface area contributed by atoms with Crippen LogP contribution in [-0.4, -0.2) is 57.1 Å². The van der Waals surface area contributed by atoms with Gasteiger partial charge in [0.05, 0.1) is 5.97 Å². The van der Waals surface area contributed by atoms with Crippen LogP contribution in [0.5, 0.6) is 0 Å². The molecule has 0 bridgehead atoms. The summed E-state index contributed by atoms with van der Waals surface area (Å²) in [6.45, 7) is 0. The Bertz CT molecular complexity index is 210. The second kappa shape index (κ2) is 4.64. The van der Waals surface area contributed by atoms with E-state index in [0.29, 0.717) is 0 Å². The molecule has 1 rings (SSSR count). The Morgan fingerprint density at radius 3 is 2.00 bits per heavy atom. The molecule has 1 heterocycles. The van der Waals surface area contributed by atoms with Crippen molar-refractivity contribution in [3.05, 3.63) is 0 Å². The number of hydrogen-bond donors (Lipinski definition) is 5. The van der Waals surface area contributed by atoms with Crippen LogP contribution in [-0.2, 0) is 9.53 Å². The van der Waals surface area contributed by atoms with Crippen molar-refractivity contribution in [2.75, 3.05) is 0 Å². The average molecular weight is 211 g/mol. The van der Waals surface area contributed by atoms with Gasteiger partial charge in [-0.05, 0) is 0 Å². The van der Waals surface area contributed by atoms with E-state index in [1.54, 1.807) is 0 Å². The van der Waals surface area contributed by atoms with Gasteiger partial charge in [-0.3, -0.25) is 0 Å². The van der Waals surface area contributed by atoms with E-state index in [1.165, 1.54) is 0 Å². The van der Waals surface area contributed by atoms with Gasteiger partial charge in [0.15, 0.2) is 6.29 Å². The third-order valence-corrected chi connectivity index (χ3v) is 1.82. The van der Waals surface area contributed by atoms with Gasteiger partial charge in [-0.15, -0.1) is 0 Å². The Morgan fingerprint density at radius 2 is 1.57 bits per heavy atom. The standard InChI is InChI=1S/C6H10O7.H3N/c7-1-2(8)4(5(10)11)13-6(12)3(1)9;/h1-4,6-9,12H,(H,10,11);1H3/t1-,2-,3-,4+,6+;/m0./s1. The van der Waals surface area contributed by atoms with Crippen LogP contribution < -0.4 is 11.3 Å². The molecule has 8 N–H and O–H groups in total. The number of carboxylic acids is 1. The average Bonchev–Trinajstić information content (AvgIpc) is 2.07. The molecule has 1 aliphatic heterocycles. The van der Waals surface area contributed by atoms with E-state index < -0.39 is 36.7 Å². The molecule has 84 valence electrons. The summed E-state index contributed by atoms with van der Waals surface area (Å²) >= 11 is 0. The van der Waals surface area contributed by atoms with Crippen LogP contribution in [0.4, 0.5) is 0 Å². The van der Waals surface area contributed by atoms with Crippen LogP contribution >= 0.6 is 0 Å². The van der Waals surface area contributed by atoms with Gasteiger partial charge in [0.1, 0.15) is 24.4 Å². The van der Waals surface area contributed by atoms with Crippen LogP contribution in [0.3, 0.4) is 0 Å². The smallest absolute Gasteiger partial charge is 0.184 e. The molecule has 0 aliphatic carbocycles. The molecule has 5 atom stereocenters. The van der Waals surface area contributed by atoms with Crippen molar-refractivity contribution in [2.45, 2.75) is 30.7 Å². The van der Waals surface area contributed by atoms with Crippen molar-refractivity contribution in [2.24, 2.45) is 0 Å². The summed E-state index contributed by atoms with van der Waals surface area (Å²) in [4.78, 5) is 10.3. The SMILES string of the molecule is O=C([O-])[C@@H]1O[C@@H](O)[C@@H](O)[C@@H](O)[C@@H]1O.[NH4+]. The van der Waals surface area contributed by atoms with Gasteiger partial charge in [-0.1, -0.05) is 0 Å². The summed E-state index contributed by atoms with van der Waals surface area (Å²) in [5.41, 5.74) is 0. The summed E-state index contributed by atoms with van der Waals surface area (Å²) in [6, 6.07) is 0. The van der Waals surface area contributed by atoms with E-state index in [-0.39, 0.29) is 6.15 Å². The first-order valence-electron chi connectivity index (χ1n) is 3.53. The van der Waals surface area contributed by atoms with E-state index in [4.69, 9.17) is 20.4 Å². The zero-order valence-corrected chi connectivity index (χ0v) is 7.40. The number of hydrogen-bond acceptors (Lipinski definition) is 7. The Labute approximate surface area is 78.9 Å². The Hall–Kier alpha value is -0.770. The minimum Gasteiger partial charge on any atom is -0.547 e. The fourth-order valence-electron chi connectivity index (χ4n) is 1.06. The predicted octanol–water partition coefficient (Wildman–Crippen LogP) is -4.09. The highest BCUT2D eigenvalue weighted by atomic mass is 16.6. The molecular weight excluding hydrogens is 198 g/mol. The molecule has 1 fully saturated rings. The third-order valence-electron chi connectivity index (χ3n) is 1.82. The second-order valence-corrected chi connectivity index (χ2v) is 2.74. The van der Waals surface area contributed by atoms with Crippen molar-refractivity contribution >= 4 is 5.97 Å². The largest absolute Gasteiger partial charge is 0.547 e. The number of ether oxygens (including phenoxy) is 1. The lowest BCUT2D eigenvalue weighted by Crippen LogP contribution is -2.62. The van der Waals surface area contributed by atoms with Gasteiger partial charge < -0.3 is 41.2 Å². The number of carbonyl (C=O) groups excluding carboxylic acids is 1. The molecule has 1 saturated heterocycles. The number of rotatable bonds is 1. The molecule has 8 nitrogen and oxygen atoms in total. The van der Waals surface area contributed by atoms with Gasteiger partial charge in [0, 0.05) is 0 Å². The molecule has 0 spiro atoms. The molecule has 0 aromatic carbocycles. The van der Waals surface area contributed by atoms with Crippen molar-refractivity contribution < 1.29 is 35.1 Å². The quantitative estimate of drug-likeness (QED) is 0.294. The third kappa shape index (κ3) is 2.18. The molecule has 1 aliphatic rings. The molecule has 0 saturated carbocycles. The topological polar surface area (TPSA) is 167 Å². The Morgan fingerprint density at radius 1 is 1.07 bits per heavy atom. The molecule has 0 aromatic heterocycles. The van der Waals surface area contributed by atoms with Gasteiger partial charge in [-0.2, -0.15) is 0 Å². The van der Waals surface area contributed by atoms with Crippen molar-refractivity contribution in [1.29, 1.82) is 0 Å². The molecule has 8 heteroatoms. The fraction of sp³-hybridized carbons (Fsp3) is 0.833. The lowest BCUT2D eigenvalue weighted by molar-refractivity contribution is -0.345. The van der Waals surface area contributed by atoms with Crippen molar-refractivity contribution in [3.63, 3.8) is 0 Å². The first-order chi connectivity index (χ1) is 5.95. The summed E-state index contributed by atoms with van der Waals surface area (Å²) in [7, 11) is 0. The number of aliphatic hydroxyl groups excluding tert-OH is 4. The van der Waals surface area contributed by atoms with Gasteiger partial charge in [0.25, 0.3) is 0 Å². The lowest BCUT2D eigenvalue weighted by Gasteiger charge is -2.38. The van der Waals surface area contributed by atoms with Crippen molar-refractivity contribution in [1.82, 2.24) is 6.15 Å². The van der Waals surface area contributed by atoms with Crippen LogP contribution in [0.1, 0.15) is 0 Å². The molecular formula is C6H13NO7. The van der Waals surface area contributed by atoms with Gasteiger partial charge in [-0.25, -0.2) is 0 Å². The van der Waals surface area contributed by atoms with Gasteiger partial charge in [0.2, 0.25) is 0 Å². The number of aliphatic hydroxyl groups is 4. The normalized spacial score (nSPS) is 42.7. The highest BCUT2D eigenvalue weighted by Crippen LogP contribution is 2.19. The number of quaternary nitrogens is 1. The molecule has 0 amide bonds. The maximum absolute atomic E-state index is 10.3. The highest BCUT2D eigenvalue weighted by molar-refractivity contribution is 5.71. The first kappa shape index (κ1) is 13.2. The van der Waals surface area contributed by atoms with E-state index in [2.05, 4.69) is 4.74 Å².